The number of hydrogen-bond acceptors (Lipinski definition) is 6. The molecular formula is C24H29NO5S. The summed E-state index contributed by atoms with van der Waals surface area (Å²) in [6.45, 7) is 7.41. The number of carbonyl (C=O) groups excluding carboxylic acids is 2. The van der Waals surface area contributed by atoms with Crippen molar-refractivity contribution in [1.29, 1.82) is 0 Å². The zero-order valence-electron chi connectivity index (χ0n) is 18.5. The van der Waals surface area contributed by atoms with Crippen LogP contribution >= 0.6 is 11.3 Å². The van der Waals surface area contributed by atoms with E-state index >= 15 is 0 Å². The molecule has 1 aliphatic carbocycles. The lowest BCUT2D eigenvalue weighted by Crippen LogP contribution is -2.36. The number of esters is 1. The summed E-state index contributed by atoms with van der Waals surface area (Å²) < 4.78 is 16.9. The van der Waals surface area contributed by atoms with Crippen molar-refractivity contribution in [2.75, 3.05) is 25.2 Å². The molecule has 2 heterocycles. The molecule has 1 amide bonds. The Bertz CT molecular complexity index is 973. The van der Waals surface area contributed by atoms with Gasteiger partial charge in [0.05, 0.1) is 32.4 Å². The molecule has 0 saturated carbocycles. The van der Waals surface area contributed by atoms with Gasteiger partial charge in [0.2, 0.25) is 5.91 Å². The predicted octanol–water partition coefficient (Wildman–Crippen LogP) is 4.44. The summed E-state index contributed by atoms with van der Waals surface area (Å²) >= 11 is 1.47. The lowest BCUT2D eigenvalue weighted by Gasteiger charge is -2.31. The lowest BCUT2D eigenvalue weighted by molar-refractivity contribution is -0.163. The van der Waals surface area contributed by atoms with Gasteiger partial charge in [-0.3, -0.25) is 9.69 Å². The predicted molar refractivity (Wildman–Crippen MR) is 120 cm³/mol. The van der Waals surface area contributed by atoms with Gasteiger partial charge in [-0.15, -0.1) is 11.3 Å². The van der Waals surface area contributed by atoms with Crippen LogP contribution in [-0.4, -0.2) is 38.0 Å². The number of ether oxygens (including phenoxy) is 3. The molecule has 6 nitrogen and oxygen atoms in total. The monoisotopic (exact) mass is 443 g/mol. The number of amides is 1. The van der Waals surface area contributed by atoms with Crippen molar-refractivity contribution in [2.24, 2.45) is 0 Å². The average molecular weight is 444 g/mol. The Kier molecular flexibility index (Phi) is 6.19. The summed E-state index contributed by atoms with van der Waals surface area (Å²) in [4.78, 5) is 28.2. The normalized spacial score (nSPS) is 17.1. The van der Waals surface area contributed by atoms with E-state index in [0.717, 1.165) is 16.0 Å². The molecule has 31 heavy (non-hydrogen) atoms. The van der Waals surface area contributed by atoms with Gasteiger partial charge in [-0.25, -0.2) is 4.79 Å². The molecule has 7 heteroatoms. The molecule has 4 rings (SSSR count). The zero-order valence-corrected chi connectivity index (χ0v) is 19.3. The first-order chi connectivity index (χ1) is 14.8. The second-order valence-corrected chi connectivity index (χ2v) is 9.54. The van der Waals surface area contributed by atoms with E-state index in [1.165, 1.54) is 30.9 Å². The van der Waals surface area contributed by atoms with Crippen molar-refractivity contribution in [3.05, 3.63) is 51.4 Å². The van der Waals surface area contributed by atoms with Gasteiger partial charge < -0.3 is 14.2 Å². The van der Waals surface area contributed by atoms with Gasteiger partial charge in [-0.2, -0.15) is 0 Å². The van der Waals surface area contributed by atoms with E-state index in [2.05, 4.69) is 26.0 Å². The first-order valence-electron chi connectivity index (χ1n) is 10.7. The molecular weight excluding hydrogens is 414 g/mol. The van der Waals surface area contributed by atoms with Gasteiger partial charge in [0.1, 0.15) is 5.00 Å². The van der Waals surface area contributed by atoms with Gasteiger partial charge >= 0.3 is 5.97 Å². The molecule has 1 saturated heterocycles. The van der Waals surface area contributed by atoms with Crippen LogP contribution in [-0.2, 0) is 38.4 Å². The fourth-order valence-electron chi connectivity index (χ4n) is 4.32. The van der Waals surface area contributed by atoms with Crippen LogP contribution in [0.2, 0.25) is 0 Å². The van der Waals surface area contributed by atoms with Gasteiger partial charge in [0.15, 0.2) is 5.79 Å². The van der Waals surface area contributed by atoms with Crippen LogP contribution in [0.1, 0.15) is 65.0 Å². The van der Waals surface area contributed by atoms with E-state index in [1.807, 2.05) is 12.1 Å². The highest BCUT2D eigenvalue weighted by molar-refractivity contribution is 7.17. The number of methoxy groups -OCH3 is 1. The van der Waals surface area contributed by atoms with E-state index in [9.17, 15) is 9.59 Å². The molecule has 1 aliphatic heterocycles. The molecule has 2 aromatic rings. The smallest absolute Gasteiger partial charge is 0.341 e. The maximum absolute atomic E-state index is 12.8. The van der Waals surface area contributed by atoms with E-state index in [1.54, 1.807) is 4.90 Å². The molecule has 1 aromatic heterocycles. The minimum absolute atomic E-state index is 0.111. The highest BCUT2D eigenvalue weighted by Gasteiger charge is 2.43. The number of carbonyl (C=O) groups is 2. The maximum Gasteiger partial charge on any atom is 0.341 e. The van der Waals surface area contributed by atoms with Crippen LogP contribution < -0.4 is 4.90 Å². The van der Waals surface area contributed by atoms with Crippen molar-refractivity contribution < 1.29 is 23.8 Å². The Morgan fingerprint density at radius 2 is 1.87 bits per heavy atom. The van der Waals surface area contributed by atoms with Crippen LogP contribution in [0.3, 0.4) is 0 Å². The van der Waals surface area contributed by atoms with Crippen molar-refractivity contribution >= 4 is 28.2 Å². The minimum Gasteiger partial charge on any atom is -0.465 e. The fraction of sp³-hybridized carbons (Fsp3) is 0.500. The first kappa shape index (κ1) is 22.0. The van der Waals surface area contributed by atoms with Gasteiger partial charge in [-0.1, -0.05) is 38.1 Å². The van der Waals surface area contributed by atoms with Crippen molar-refractivity contribution in [2.45, 2.75) is 58.3 Å². The summed E-state index contributed by atoms with van der Waals surface area (Å²) in [6.07, 6.45) is 1.94. The van der Waals surface area contributed by atoms with Crippen LogP contribution in [0.4, 0.5) is 5.00 Å². The third-order valence-corrected chi connectivity index (χ3v) is 7.33. The lowest BCUT2D eigenvalue weighted by atomic mass is 9.90. The number of anilines is 1. The summed E-state index contributed by atoms with van der Waals surface area (Å²) in [5.74, 6) is -0.672. The molecule has 166 valence electrons. The number of rotatable bonds is 5. The molecule has 0 unspecified atom stereocenters. The molecule has 1 spiro atoms. The molecule has 0 bridgehead atoms. The minimum atomic E-state index is -0.601. The molecule has 0 radical (unpaired) electrons. The van der Waals surface area contributed by atoms with E-state index in [-0.39, 0.29) is 5.91 Å². The van der Waals surface area contributed by atoms with Gasteiger partial charge in [-0.05, 0) is 29.0 Å². The quantitative estimate of drug-likeness (QED) is 0.639. The number of fused-ring (bicyclic) bond motifs is 1. The van der Waals surface area contributed by atoms with Crippen LogP contribution in [0.25, 0.3) is 0 Å². The Labute approximate surface area is 187 Å². The van der Waals surface area contributed by atoms with Gasteiger partial charge in [0, 0.05) is 24.6 Å². The van der Waals surface area contributed by atoms with Crippen molar-refractivity contribution in [3.8, 4) is 0 Å². The molecule has 0 atom stereocenters. The highest BCUT2D eigenvalue weighted by Crippen LogP contribution is 2.45. The second-order valence-electron chi connectivity index (χ2n) is 8.46. The van der Waals surface area contributed by atoms with Gasteiger partial charge in [0.25, 0.3) is 0 Å². The standard InChI is InChI=1S/C24H29NO5S/c1-15(2)18-7-5-17(6-8-18)14-25(16(3)26)22-21(23(27)28-4)19-9-10-24(13-20(19)31-22)29-11-12-30-24/h5-8,15H,9-14H2,1-4H3. The fourth-order valence-corrected chi connectivity index (χ4v) is 5.78. The van der Waals surface area contributed by atoms with Crippen LogP contribution in [0, 0.1) is 0 Å². The molecule has 0 N–H and O–H groups in total. The summed E-state index contributed by atoms with van der Waals surface area (Å²) in [5, 5.41) is 0.646. The summed E-state index contributed by atoms with van der Waals surface area (Å²) in [7, 11) is 1.38. The van der Waals surface area contributed by atoms with Crippen molar-refractivity contribution in [1.82, 2.24) is 0 Å². The second kappa shape index (κ2) is 8.73. The first-order valence-corrected chi connectivity index (χ1v) is 11.5. The number of hydrogen-bond donors (Lipinski definition) is 0. The largest absolute Gasteiger partial charge is 0.465 e. The summed E-state index contributed by atoms with van der Waals surface area (Å²) in [5.41, 5.74) is 3.73. The Morgan fingerprint density at radius 1 is 1.19 bits per heavy atom. The Balaban J connectivity index is 1.70. The zero-order chi connectivity index (χ0) is 22.2. The topological polar surface area (TPSA) is 65.1 Å². The van der Waals surface area contributed by atoms with Crippen LogP contribution in [0.15, 0.2) is 24.3 Å². The van der Waals surface area contributed by atoms with E-state index < -0.39 is 11.8 Å². The average Bonchev–Trinajstić information content (AvgIpc) is 3.35. The highest BCUT2D eigenvalue weighted by atomic mass is 32.1. The Hall–Kier alpha value is -2.22. The number of thiophene rings is 1. The van der Waals surface area contributed by atoms with E-state index in [4.69, 9.17) is 14.2 Å². The maximum atomic E-state index is 12.8. The SMILES string of the molecule is COC(=O)c1c(N(Cc2ccc(C(C)C)cc2)C(C)=O)sc2c1CCC1(C2)OCCO1. The third-order valence-electron chi connectivity index (χ3n) is 6.07. The van der Waals surface area contributed by atoms with Crippen molar-refractivity contribution in [3.63, 3.8) is 0 Å². The molecule has 2 aliphatic rings. The van der Waals surface area contributed by atoms with Crippen LogP contribution in [0.5, 0.6) is 0 Å². The Morgan fingerprint density at radius 3 is 2.45 bits per heavy atom. The molecule has 1 aromatic carbocycles. The van der Waals surface area contributed by atoms with E-state index in [0.29, 0.717) is 55.5 Å². The number of benzene rings is 1. The number of nitrogens with zero attached hydrogens (tertiary/aromatic N) is 1. The third kappa shape index (κ3) is 4.27. The summed E-state index contributed by atoms with van der Waals surface area (Å²) in [6, 6.07) is 8.28. The molecule has 1 fully saturated rings.